The molecule has 4 N–H and O–H groups in total. The Morgan fingerprint density at radius 2 is 1.74 bits per heavy atom. The number of aliphatic hydroxyl groups is 4. The van der Waals surface area contributed by atoms with E-state index in [2.05, 4.69) is 0 Å². The zero-order chi connectivity index (χ0) is 13.8. The molecule has 0 saturated carbocycles. The van der Waals surface area contributed by atoms with Crippen LogP contribution in [0.4, 0.5) is 0 Å². The maximum Gasteiger partial charge on any atom is 0.184 e. The van der Waals surface area contributed by atoms with Crippen LogP contribution in [0, 0.1) is 0 Å². The van der Waals surface area contributed by atoms with E-state index in [1.165, 1.54) is 0 Å². The molecule has 0 bridgehead atoms. The first-order valence-electron chi connectivity index (χ1n) is 6.09. The molecule has 6 heteroatoms. The topological polar surface area (TPSA) is 99.4 Å². The Morgan fingerprint density at radius 3 is 2.37 bits per heavy atom. The molecule has 0 aromatic heterocycles. The van der Waals surface area contributed by atoms with Gasteiger partial charge in [-0.25, -0.2) is 0 Å². The molecule has 1 aliphatic heterocycles. The monoisotopic (exact) mass is 270 g/mol. The van der Waals surface area contributed by atoms with Crippen LogP contribution >= 0.6 is 0 Å². The molecule has 106 valence electrons. The fourth-order valence-corrected chi connectivity index (χ4v) is 2.02. The third-order valence-corrected chi connectivity index (χ3v) is 3.13. The average molecular weight is 270 g/mol. The smallest absolute Gasteiger partial charge is 0.184 e. The summed E-state index contributed by atoms with van der Waals surface area (Å²) in [6.45, 7) is -0.305. The lowest BCUT2D eigenvalue weighted by molar-refractivity contribution is -0.298. The minimum atomic E-state index is -1.39. The van der Waals surface area contributed by atoms with Crippen LogP contribution in [0.15, 0.2) is 30.3 Å². The Hall–Kier alpha value is -1.02. The Bertz CT molecular complexity index is 384. The number of ether oxygens (including phenoxy) is 2. The number of benzene rings is 1. The van der Waals surface area contributed by atoms with Gasteiger partial charge in [0.2, 0.25) is 0 Å². The van der Waals surface area contributed by atoms with E-state index in [9.17, 15) is 15.3 Å². The van der Waals surface area contributed by atoms with Crippen molar-refractivity contribution in [2.75, 3.05) is 6.61 Å². The summed E-state index contributed by atoms with van der Waals surface area (Å²) in [5, 5.41) is 38.2. The molecule has 5 atom stereocenters. The van der Waals surface area contributed by atoms with E-state index in [0.717, 1.165) is 5.56 Å². The molecule has 6 nitrogen and oxygen atoms in total. The van der Waals surface area contributed by atoms with Crippen LogP contribution in [0.1, 0.15) is 5.56 Å². The number of hydrogen-bond donors (Lipinski definition) is 4. The number of hydrogen-bond acceptors (Lipinski definition) is 6. The quantitative estimate of drug-likeness (QED) is 0.560. The van der Waals surface area contributed by atoms with Gasteiger partial charge in [-0.1, -0.05) is 30.3 Å². The zero-order valence-corrected chi connectivity index (χ0v) is 10.3. The molecule has 19 heavy (non-hydrogen) atoms. The van der Waals surface area contributed by atoms with Gasteiger partial charge in [-0.2, -0.15) is 0 Å². The van der Waals surface area contributed by atoms with Crippen LogP contribution in [-0.2, 0) is 16.1 Å². The number of aliphatic hydroxyl groups excluding tert-OH is 4. The molecule has 0 unspecified atom stereocenters. The second-order valence-electron chi connectivity index (χ2n) is 4.49. The van der Waals surface area contributed by atoms with Gasteiger partial charge in [0.1, 0.15) is 24.4 Å². The van der Waals surface area contributed by atoms with Crippen molar-refractivity contribution < 1.29 is 29.9 Å². The van der Waals surface area contributed by atoms with Crippen molar-refractivity contribution in [3.05, 3.63) is 35.9 Å². The molecule has 0 amide bonds. The molecule has 1 heterocycles. The molecular formula is C13H18O6. The van der Waals surface area contributed by atoms with Crippen LogP contribution in [0.3, 0.4) is 0 Å². The summed E-state index contributed by atoms with van der Waals surface area (Å²) in [6.07, 6.45) is -6.07. The lowest BCUT2D eigenvalue weighted by Gasteiger charge is -2.39. The van der Waals surface area contributed by atoms with Gasteiger partial charge in [-0.3, -0.25) is 0 Å². The summed E-state index contributed by atoms with van der Waals surface area (Å²) in [7, 11) is 0. The maximum atomic E-state index is 9.86. The highest BCUT2D eigenvalue weighted by molar-refractivity contribution is 5.13. The largest absolute Gasteiger partial charge is 0.394 e. The van der Waals surface area contributed by atoms with Gasteiger partial charge in [0, 0.05) is 0 Å². The van der Waals surface area contributed by atoms with E-state index in [1.807, 2.05) is 30.3 Å². The summed E-state index contributed by atoms with van der Waals surface area (Å²) in [6, 6.07) is 9.25. The highest BCUT2D eigenvalue weighted by Gasteiger charge is 2.44. The summed E-state index contributed by atoms with van der Waals surface area (Å²) in [5.41, 5.74) is 0.876. The molecule has 1 aliphatic rings. The van der Waals surface area contributed by atoms with Crippen LogP contribution in [0.2, 0.25) is 0 Å². The van der Waals surface area contributed by atoms with E-state index in [4.69, 9.17) is 14.6 Å². The van der Waals surface area contributed by atoms with Crippen LogP contribution < -0.4 is 0 Å². The van der Waals surface area contributed by atoms with Gasteiger partial charge >= 0.3 is 0 Å². The highest BCUT2D eigenvalue weighted by atomic mass is 16.7. The molecule has 1 saturated heterocycles. The van der Waals surface area contributed by atoms with Gasteiger partial charge in [0.15, 0.2) is 6.29 Å². The summed E-state index contributed by atoms with van der Waals surface area (Å²) < 4.78 is 10.4. The normalized spacial score (nSPS) is 35.3. The lowest BCUT2D eigenvalue weighted by atomic mass is 9.99. The minimum absolute atomic E-state index is 0.180. The SMILES string of the molecule is OC[C@H]1O[C@@H](O)[C@H](OCc2ccccc2)[C@@H](O)[C@@H]1O. The Morgan fingerprint density at radius 1 is 1.05 bits per heavy atom. The molecular weight excluding hydrogens is 252 g/mol. The fraction of sp³-hybridized carbons (Fsp3) is 0.538. The predicted molar refractivity (Wildman–Crippen MR) is 65.0 cm³/mol. The molecule has 1 fully saturated rings. The van der Waals surface area contributed by atoms with Gasteiger partial charge in [-0.05, 0) is 5.56 Å². The molecule has 1 aromatic carbocycles. The van der Waals surface area contributed by atoms with E-state index in [0.29, 0.717) is 0 Å². The standard InChI is InChI=1S/C13H18O6/c14-6-9-10(15)11(16)12(13(17)19-9)18-7-8-4-2-1-3-5-8/h1-5,9-17H,6-7H2/t9-,10-,11+,12-,13-/m1/s1. The van der Waals surface area contributed by atoms with Gasteiger partial charge in [-0.15, -0.1) is 0 Å². The van der Waals surface area contributed by atoms with Crippen molar-refractivity contribution in [1.82, 2.24) is 0 Å². The highest BCUT2D eigenvalue weighted by Crippen LogP contribution is 2.23. The minimum Gasteiger partial charge on any atom is -0.394 e. The van der Waals surface area contributed by atoms with Gasteiger partial charge in [0.05, 0.1) is 13.2 Å². The second-order valence-corrected chi connectivity index (χ2v) is 4.49. The summed E-state index contributed by atoms with van der Waals surface area (Å²) in [4.78, 5) is 0. The first kappa shape index (κ1) is 14.4. The third-order valence-electron chi connectivity index (χ3n) is 3.13. The number of rotatable bonds is 4. The molecule has 0 spiro atoms. The zero-order valence-electron chi connectivity index (χ0n) is 10.3. The fourth-order valence-electron chi connectivity index (χ4n) is 2.02. The first-order chi connectivity index (χ1) is 9.13. The molecule has 2 rings (SSSR count). The van der Waals surface area contributed by atoms with Crippen molar-refractivity contribution in [3.8, 4) is 0 Å². The molecule has 1 aromatic rings. The van der Waals surface area contributed by atoms with Crippen molar-refractivity contribution in [2.45, 2.75) is 37.3 Å². The average Bonchev–Trinajstić information content (AvgIpc) is 2.44. The molecule has 0 radical (unpaired) electrons. The van der Waals surface area contributed by atoms with E-state index >= 15 is 0 Å². The second kappa shape index (κ2) is 6.42. The maximum absolute atomic E-state index is 9.86. The van der Waals surface area contributed by atoms with E-state index < -0.39 is 37.3 Å². The van der Waals surface area contributed by atoms with Gasteiger partial charge < -0.3 is 29.9 Å². The van der Waals surface area contributed by atoms with Crippen LogP contribution in [0.25, 0.3) is 0 Å². The van der Waals surface area contributed by atoms with Gasteiger partial charge in [0.25, 0.3) is 0 Å². The Balaban J connectivity index is 1.96. The van der Waals surface area contributed by atoms with Crippen LogP contribution in [-0.4, -0.2) is 57.7 Å². The third kappa shape index (κ3) is 3.30. The lowest BCUT2D eigenvalue weighted by Crippen LogP contribution is -2.59. The Kier molecular flexibility index (Phi) is 4.87. The predicted octanol–water partition coefficient (Wildman–Crippen LogP) is -0.997. The van der Waals surface area contributed by atoms with Crippen molar-refractivity contribution in [1.29, 1.82) is 0 Å². The van der Waals surface area contributed by atoms with Crippen molar-refractivity contribution in [3.63, 3.8) is 0 Å². The van der Waals surface area contributed by atoms with Crippen molar-refractivity contribution in [2.24, 2.45) is 0 Å². The van der Waals surface area contributed by atoms with Crippen LogP contribution in [0.5, 0.6) is 0 Å². The summed E-state index contributed by atoms with van der Waals surface area (Å²) >= 11 is 0. The summed E-state index contributed by atoms with van der Waals surface area (Å²) in [5.74, 6) is 0. The van der Waals surface area contributed by atoms with E-state index in [1.54, 1.807) is 0 Å². The van der Waals surface area contributed by atoms with E-state index in [-0.39, 0.29) is 6.61 Å². The Labute approximate surface area is 110 Å². The van der Waals surface area contributed by atoms with Crippen molar-refractivity contribution >= 4 is 0 Å². The molecule has 0 aliphatic carbocycles. The first-order valence-corrected chi connectivity index (χ1v) is 6.09.